The Bertz CT molecular complexity index is 55.2. The molecule has 0 aliphatic rings. The molecule has 0 saturated heterocycles. The summed E-state index contributed by atoms with van der Waals surface area (Å²) in [6.45, 7) is 6.27. The van der Waals surface area contributed by atoms with Crippen LogP contribution in [0.4, 0.5) is 0 Å². The predicted molar refractivity (Wildman–Crippen MR) is 38.6 cm³/mol. The Kier molecular flexibility index (Phi) is 3.34. The van der Waals surface area contributed by atoms with Crippen molar-refractivity contribution in [3.63, 3.8) is 0 Å². The summed E-state index contributed by atoms with van der Waals surface area (Å²) in [6.07, 6.45) is 0. The van der Waals surface area contributed by atoms with Gasteiger partial charge in [0, 0.05) is 0 Å². The second-order valence-corrected chi connectivity index (χ2v) is 16.7. The van der Waals surface area contributed by atoms with E-state index >= 15 is 0 Å². The zero-order valence-corrected chi connectivity index (χ0v) is 9.64. The van der Waals surface area contributed by atoms with E-state index in [0.717, 1.165) is 0 Å². The first-order valence-corrected chi connectivity index (χ1v) is 12.2. The molecule has 0 bridgehead atoms. The average molecular weight is 248 g/mol. The summed E-state index contributed by atoms with van der Waals surface area (Å²) in [7, 11) is 11.5. The van der Waals surface area contributed by atoms with Crippen LogP contribution in [-0.4, -0.2) is 17.5 Å². The van der Waals surface area contributed by atoms with E-state index in [1.165, 1.54) is 0 Å². The van der Waals surface area contributed by atoms with Gasteiger partial charge in [-0.1, -0.05) is 0 Å². The molecule has 0 fully saturated rings. The summed E-state index contributed by atoms with van der Waals surface area (Å²) in [4.78, 5) is 0. The van der Waals surface area contributed by atoms with Crippen LogP contribution in [0.3, 0.4) is 0 Å². The second-order valence-electron chi connectivity index (χ2n) is 2.67. The molecule has 0 nitrogen and oxygen atoms in total. The van der Waals surface area contributed by atoms with Gasteiger partial charge in [-0.3, -0.25) is 0 Å². The zero-order valence-electron chi connectivity index (χ0n) is 4.83. The van der Waals surface area contributed by atoms with Gasteiger partial charge < -0.3 is 0 Å². The van der Waals surface area contributed by atoms with E-state index in [0.29, 0.717) is 0 Å². The van der Waals surface area contributed by atoms with Crippen LogP contribution in [0.25, 0.3) is 0 Å². The molecule has 0 amide bonds. The SMILES string of the molecule is C[C](C)(C)[SnH]([Cl])[Cl]. The molecule has 3 heteroatoms. The minimum absolute atomic E-state index is 0.241. The van der Waals surface area contributed by atoms with E-state index < -0.39 is 17.5 Å². The molecule has 0 saturated carbocycles. The molecule has 0 rings (SSSR count). The van der Waals surface area contributed by atoms with Crippen LogP contribution < -0.4 is 0 Å². The number of hydrogen-bond donors (Lipinski definition) is 0. The fourth-order valence-corrected chi connectivity index (χ4v) is 0. The molecule has 7 heavy (non-hydrogen) atoms. The van der Waals surface area contributed by atoms with Crippen LogP contribution in [0.15, 0.2) is 0 Å². The van der Waals surface area contributed by atoms with Crippen LogP contribution in [0.5, 0.6) is 0 Å². The average Bonchev–Trinajstić information content (AvgIpc) is 1.31. The van der Waals surface area contributed by atoms with Crippen LogP contribution in [0.2, 0.25) is 3.43 Å². The summed E-state index contributed by atoms with van der Waals surface area (Å²) < 4.78 is 0.241. The fourth-order valence-electron chi connectivity index (χ4n) is 0. The van der Waals surface area contributed by atoms with Gasteiger partial charge in [0.15, 0.2) is 0 Å². The van der Waals surface area contributed by atoms with Gasteiger partial charge in [-0.25, -0.2) is 0 Å². The van der Waals surface area contributed by atoms with Crippen molar-refractivity contribution >= 4 is 35.3 Å². The Hall–Kier alpha value is 1.38. The molecule has 0 aliphatic carbocycles. The van der Waals surface area contributed by atoms with Crippen LogP contribution in [0.1, 0.15) is 20.8 Å². The molecule has 0 heterocycles. The van der Waals surface area contributed by atoms with Gasteiger partial charge in [0.25, 0.3) is 0 Å². The second kappa shape index (κ2) is 2.79. The predicted octanol–water partition coefficient (Wildman–Crippen LogP) is 2.48. The van der Waals surface area contributed by atoms with Gasteiger partial charge in [-0.2, -0.15) is 0 Å². The Morgan fingerprint density at radius 3 is 1.29 bits per heavy atom. The molecule has 0 aromatic carbocycles. The van der Waals surface area contributed by atoms with E-state index in [-0.39, 0.29) is 3.43 Å². The maximum absolute atomic E-state index is 5.73. The molecule has 0 unspecified atom stereocenters. The van der Waals surface area contributed by atoms with Gasteiger partial charge in [0.2, 0.25) is 0 Å². The van der Waals surface area contributed by atoms with E-state index in [1.54, 1.807) is 0 Å². The van der Waals surface area contributed by atoms with Gasteiger partial charge >= 0.3 is 59.6 Å². The summed E-state index contributed by atoms with van der Waals surface area (Å²) in [5, 5.41) is 0. The summed E-state index contributed by atoms with van der Waals surface area (Å²) >= 11 is -2.01. The van der Waals surface area contributed by atoms with Crippen LogP contribution >= 0.6 is 17.8 Å². The molecule has 0 spiro atoms. The van der Waals surface area contributed by atoms with Crippen molar-refractivity contribution in [1.29, 1.82) is 0 Å². The normalized spacial score (nSPS) is 12.9. The molecule has 44 valence electrons. The first kappa shape index (κ1) is 8.38. The molecular weight excluding hydrogens is 238 g/mol. The van der Waals surface area contributed by atoms with Gasteiger partial charge in [-0.05, 0) is 0 Å². The van der Waals surface area contributed by atoms with Gasteiger partial charge in [0.1, 0.15) is 0 Å². The first-order valence-electron chi connectivity index (χ1n) is 2.23. The van der Waals surface area contributed by atoms with Crippen molar-refractivity contribution in [3.8, 4) is 0 Å². The third kappa shape index (κ3) is 3.92. The molecule has 0 atom stereocenters. The summed E-state index contributed by atoms with van der Waals surface area (Å²) in [6, 6.07) is 0. The molecular formula is C4H10Cl2Sn. The standard InChI is InChI=1S/C4H9.2ClH.Sn.H/c1-4(2)3;;;;/h1-3H3;2*1H;;/q;;;+2;/p-2. The van der Waals surface area contributed by atoms with E-state index in [4.69, 9.17) is 17.8 Å². The van der Waals surface area contributed by atoms with Crippen molar-refractivity contribution in [2.75, 3.05) is 0 Å². The number of rotatable bonds is 0. The minimum atomic E-state index is -2.01. The Balaban J connectivity index is 3.54. The molecule has 0 N–H and O–H groups in total. The topological polar surface area (TPSA) is 0 Å². The Morgan fingerprint density at radius 2 is 1.29 bits per heavy atom. The van der Waals surface area contributed by atoms with Crippen molar-refractivity contribution in [3.05, 3.63) is 0 Å². The maximum atomic E-state index is 5.73. The van der Waals surface area contributed by atoms with Crippen LogP contribution in [0, 0.1) is 0 Å². The van der Waals surface area contributed by atoms with Gasteiger partial charge in [0.05, 0.1) is 0 Å². The fraction of sp³-hybridized carbons (Fsp3) is 1.00. The van der Waals surface area contributed by atoms with E-state index in [9.17, 15) is 0 Å². The summed E-state index contributed by atoms with van der Waals surface area (Å²) in [5.41, 5.74) is 0. The molecule has 0 aromatic rings. The molecule has 0 aromatic heterocycles. The monoisotopic (exact) mass is 248 g/mol. The Morgan fingerprint density at radius 1 is 1.14 bits per heavy atom. The van der Waals surface area contributed by atoms with Gasteiger partial charge in [-0.15, -0.1) is 0 Å². The number of hydrogen-bond acceptors (Lipinski definition) is 0. The molecule has 0 radical (unpaired) electrons. The van der Waals surface area contributed by atoms with Crippen molar-refractivity contribution in [2.24, 2.45) is 0 Å². The third-order valence-electron chi connectivity index (χ3n) is 0.655. The number of halogens is 2. The zero-order chi connectivity index (χ0) is 6.08. The molecule has 0 aliphatic heterocycles. The summed E-state index contributed by atoms with van der Waals surface area (Å²) in [5.74, 6) is 0. The van der Waals surface area contributed by atoms with Crippen molar-refractivity contribution in [2.45, 2.75) is 24.2 Å². The van der Waals surface area contributed by atoms with E-state index in [1.807, 2.05) is 0 Å². The van der Waals surface area contributed by atoms with E-state index in [2.05, 4.69) is 20.8 Å². The van der Waals surface area contributed by atoms with Crippen molar-refractivity contribution < 1.29 is 0 Å². The first-order chi connectivity index (χ1) is 2.94. The Labute approximate surface area is 59.4 Å². The van der Waals surface area contributed by atoms with Crippen molar-refractivity contribution in [1.82, 2.24) is 0 Å². The third-order valence-corrected chi connectivity index (χ3v) is 13.2. The quantitative estimate of drug-likeness (QED) is 0.577. The van der Waals surface area contributed by atoms with Crippen LogP contribution in [-0.2, 0) is 0 Å².